The van der Waals surface area contributed by atoms with Crippen LogP contribution in [-0.2, 0) is 0 Å². The molecule has 4 nitrogen and oxygen atoms in total. The zero-order valence-electron chi connectivity index (χ0n) is 8.89. The van der Waals surface area contributed by atoms with E-state index in [4.69, 9.17) is 16.6 Å². The van der Waals surface area contributed by atoms with Crippen molar-refractivity contribution in [1.82, 2.24) is 0 Å². The second-order valence-corrected chi connectivity index (χ2v) is 3.12. The number of carbonyl (C=O) groups is 1. The number of hydrogen-bond donors (Lipinski definition) is 3. The summed E-state index contributed by atoms with van der Waals surface area (Å²) in [6.07, 6.45) is 1.91. The summed E-state index contributed by atoms with van der Waals surface area (Å²) < 4.78 is 0. The average Bonchev–Trinajstić information content (AvgIpc) is 2.20. The van der Waals surface area contributed by atoms with Crippen molar-refractivity contribution < 1.29 is 9.90 Å². The quantitative estimate of drug-likeness (QED) is 0.658. The van der Waals surface area contributed by atoms with Crippen molar-refractivity contribution in [1.29, 1.82) is 0 Å². The molecule has 1 aromatic rings. The zero-order valence-corrected chi connectivity index (χ0v) is 8.89. The topological polar surface area (TPSA) is 89.3 Å². The second-order valence-electron chi connectivity index (χ2n) is 3.12. The zero-order chi connectivity index (χ0) is 11.7. The van der Waals surface area contributed by atoms with Crippen molar-refractivity contribution in [3.05, 3.63) is 35.9 Å². The molecule has 0 aliphatic rings. The summed E-state index contributed by atoms with van der Waals surface area (Å²) >= 11 is 0. The molecule has 0 amide bonds. The highest BCUT2D eigenvalue weighted by Crippen LogP contribution is 1.96. The molecule has 5 N–H and O–H groups in total. The van der Waals surface area contributed by atoms with E-state index in [0.29, 0.717) is 5.56 Å². The minimum absolute atomic E-state index is 0.102. The molecule has 4 heteroatoms. The first kappa shape index (κ1) is 13.6. The number of aromatic carboxylic acids is 1. The first-order valence-electron chi connectivity index (χ1n) is 4.87. The van der Waals surface area contributed by atoms with Gasteiger partial charge in [-0.25, -0.2) is 4.79 Å². The molecule has 0 heterocycles. The second kappa shape index (κ2) is 7.96. The van der Waals surface area contributed by atoms with Crippen molar-refractivity contribution in [3.63, 3.8) is 0 Å². The van der Waals surface area contributed by atoms with E-state index in [1.54, 1.807) is 30.3 Å². The van der Waals surface area contributed by atoms with Crippen LogP contribution in [0, 0.1) is 0 Å². The van der Waals surface area contributed by atoms with E-state index in [1.807, 2.05) is 0 Å². The number of nitrogens with two attached hydrogens (primary N) is 2. The van der Waals surface area contributed by atoms with Gasteiger partial charge in [-0.15, -0.1) is 0 Å². The number of carboxylic acid groups (broad SMARTS) is 1. The Kier molecular flexibility index (Phi) is 7.23. The predicted octanol–water partition coefficient (Wildman–Crippen LogP) is 1.41. The Morgan fingerprint density at radius 2 is 1.87 bits per heavy atom. The minimum Gasteiger partial charge on any atom is -0.478 e. The molecule has 0 aliphatic carbocycles. The van der Waals surface area contributed by atoms with E-state index >= 15 is 0 Å². The third kappa shape index (κ3) is 7.66. The van der Waals surface area contributed by atoms with Gasteiger partial charge in [0.15, 0.2) is 0 Å². The molecule has 84 valence electrons. The largest absolute Gasteiger partial charge is 0.478 e. The SMILES string of the molecule is CCCC(N)N.O=C(O)c1ccccc1. The Labute approximate surface area is 89.9 Å². The summed E-state index contributed by atoms with van der Waals surface area (Å²) in [5.74, 6) is -0.879. The van der Waals surface area contributed by atoms with Crippen molar-refractivity contribution in [2.45, 2.75) is 25.9 Å². The fourth-order valence-corrected chi connectivity index (χ4v) is 0.914. The van der Waals surface area contributed by atoms with Gasteiger partial charge in [0.25, 0.3) is 0 Å². The summed E-state index contributed by atoms with van der Waals surface area (Å²) in [6, 6.07) is 8.30. The molecule has 0 unspecified atom stereocenters. The molecule has 1 rings (SSSR count). The van der Waals surface area contributed by atoms with Crippen LogP contribution in [0.1, 0.15) is 30.1 Å². The van der Waals surface area contributed by atoms with Gasteiger partial charge in [-0.1, -0.05) is 31.5 Å². The maximum absolute atomic E-state index is 10.2. The Morgan fingerprint density at radius 1 is 1.33 bits per heavy atom. The average molecular weight is 210 g/mol. The first-order valence-corrected chi connectivity index (χ1v) is 4.87. The van der Waals surface area contributed by atoms with Gasteiger partial charge in [0.05, 0.1) is 11.7 Å². The molecule has 0 atom stereocenters. The fourth-order valence-electron chi connectivity index (χ4n) is 0.914. The van der Waals surface area contributed by atoms with Crippen molar-refractivity contribution >= 4 is 5.97 Å². The molecule has 1 aromatic carbocycles. The number of carboxylic acids is 1. The van der Waals surface area contributed by atoms with Gasteiger partial charge in [-0.2, -0.15) is 0 Å². The lowest BCUT2D eigenvalue weighted by atomic mass is 10.2. The van der Waals surface area contributed by atoms with Gasteiger partial charge < -0.3 is 16.6 Å². The third-order valence-electron chi connectivity index (χ3n) is 1.64. The Morgan fingerprint density at radius 3 is 2.07 bits per heavy atom. The molecule has 15 heavy (non-hydrogen) atoms. The van der Waals surface area contributed by atoms with Gasteiger partial charge in [0, 0.05) is 0 Å². The third-order valence-corrected chi connectivity index (χ3v) is 1.64. The van der Waals surface area contributed by atoms with E-state index in [9.17, 15) is 4.79 Å². The minimum atomic E-state index is -0.879. The summed E-state index contributed by atoms with van der Waals surface area (Å²) in [4.78, 5) is 10.2. The maximum atomic E-state index is 10.2. The van der Waals surface area contributed by atoms with Crippen LogP contribution in [0.15, 0.2) is 30.3 Å². The summed E-state index contributed by atoms with van der Waals surface area (Å²) in [5.41, 5.74) is 10.7. The van der Waals surface area contributed by atoms with Gasteiger partial charge in [0.1, 0.15) is 0 Å². The molecule has 0 saturated heterocycles. The van der Waals surface area contributed by atoms with Gasteiger partial charge >= 0.3 is 5.97 Å². The molecule has 0 aliphatic heterocycles. The van der Waals surface area contributed by atoms with E-state index in [1.165, 1.54) is 0 Å². The number of hydrogen-bond acceptors (Lipinski definition) is 3. The molecule has 0 saturated carbocycles. The van der Waals surface area contributed by atoms with Crippen molar-refractivity contribution in [2.24, 2.45) is 11.5 Å². The monoisotopic (exact) mass is 210 g/mol. The summed E-state index contributed by atoms with van der Waals surface area (Å²) in [5, 5.41) is 8.38. The first-order chi connectivity index (χ1) is 7.07. The van der Waals surface area contributed by atoms with Crippen LogP contribution in [0.3, 0.4) is 0 Å². The van der Waals surface area contributed by atoms with E-state index < -0.39 is 5.97 Å². The van der Waals surface area contributed by atoms with Gasteiger partial charge in [-0.05, 0) is 18.6 Å². The van der Waals surface area contributed by atoms with Crippen LogP contribution >= 0.6 is 0 Å². The molecular formula is C11H18N2O2. The smallest absolute Gasteiger partial charge is 0.335 e. The summed E-state index contributed by atoms with van der Waals surface area (Å²) in [7, 11) is 0. The van der Waals surface area contributed by atoms with Gasteiger partial charge in [-0.3, -0.25) is 0 Å². The number of benzene rings is 1. The molecular weight excluding hydrogens is 192 g/mol. The molecule has 0 bridgehead atoms. The lowest BCUT2D eigenvalue weighted by Crippen LogP contribution is -2.29. The van der Waals surface area contributed by atoms with E-state index in [0.717, 1.165) is 12.8 Å². The molecule has 0 radical (unpaired) electrons. The van der Waals surface area contributed by atoms with Crippen molar-refractivity contribution in [3.8, 4) is 0 Å². The normalized spacial score (nSPS) is 9.33. The van der Waals surface area contributed by atoms with Crippen LogP contribution < -0.4 is 11.5 Å². The van der Waals surface area contributed by atoms with Crippen LogP contribution in [0.5, 0.6) is 0 Å². The lowest BCUT2D eigenvalue weighted by molar-refractivity contribution is 0.0697. The van der Waals surface area contributed by atoms with Crippen LogP contribution in [0.2, 0.25) is 0 Å². The molecule has 0 fully saturated rings. The Balaban J connectivity index is 0.000000288. The lowest BCUT2D eigenvalue weighted by Gasteiger charge is -1.97. The number of rotatable bonds is 3. The van der Waals surface area contributed by atoms with E-state index in [-0.39, 0.29) is 6.17 Å². The van der Waals surface area contributed by atoms with Crippen LogP contribution in [-0.4, -0.2) is 17.2 Å². The van der Waals surface area contributed by atoms with Crippen molar-refractivity contribution in [2.75, 3.05) is 0 Å². The Bertz CT molecular complexity index is 273. The van der Waals surface area contributed by atoms with Gasteiger partial charge in [0.2, 0.25) is 0 Å². The fraction of sp³-hybridized carbons (Fsp3) is 0.364. The molecule has 0 spiro atoms. The highest BCUT2D eigenvalue weighted by atomic mass is 16.4. The highest BCUT2D eigenvalue weighted by Gasteiger charge is 1.96. The standard InChI is InChI=1S/C7H6O2.C4H12N2/c8-7(9)6-4-2-1-3-5-6;1-2-3-4(5)6/h1-5H,(H,8,9);4H,2-3,5-6H2,1H3. The highest BCUT2D eigenvalue weighted by molar-refractivity contribution is 5.87. The summed E-state index contributed by atoms with van der Waals surface area (Å²) in [6.45, 7) is 2.06. The van der Waals surface area contributed by atoms with Crippen LogP contribution in [0.25, 0.3) is 0 Å². The van der Waals surface area contributed by atoms with E-state index in [2.05, 4.69) is 6.92 Å². The maximum Gasteiger partial charge on any atom is 0.335 e. The predicted molar refractivity (Wildman–Crippen MR) is 60.5 cm³/mol. The molecule has 0 aromatic heterocycles. The van der Waals surface area contributed by atoms with Crippen LogP contribution in [0.4, 0.5) is 0 Å². The Hall–Kier alpha value is -1.39.